The van der Waals surface area contributed by atoms with Gasteiger partial charge in [0.25, 0.3) is 5.91 Å². The molecule has 1 heterocycles. The fourth-order valence-electron chi connectivity index (χ4n) is 1.26. The van der Waals surface area contributed by atoms with Gasteiger partial charge in [0, 0.05) is 6.20 Å². The van der Waals surface area contributed by atoms with Gasteiger partial charge in [-0.15, -0.1) is 0 Å². The number of aromatic nitrogens is 1. The smallest absolute Gasteiger partial charge is 0.265 e. The van der Waals surface area contributed by atoms with Gasteiger partial charge in [-0.05, 0) is 24.1 Å². The molecule has 3 N–H and O–H groups in total. The average molecular weight is 202 g/mol. The minimum Gasteiger partial charge on any atom is -0.364 e. The van der Waals surface area contributed by atoms with E-state index in [0.717, 1.165) is 11.1 Å². The van der Waals surface area contributed by atoms with Crippen LogP contribution in [0.5, 0.6) is 0 Å². The zero-order valence-electron chi connectivity index (χ0n) is 8.66. The minimum absolute atomic E-state index is 0.407. The maximum absolute atomic E-state index is 10.9. The Bertz CT molecular complexity index is 425. The van der Waals surface area contributed by atoms with E-state index in [1.54, 1.807) is 18.3 Å². The summed E-state index contributed by atoms with van der Waals surface area (Å²) in [6, 6.07) is 1.72. The van der Waals surface area contributed by atoms with Crippen LogP contribution in [-0.4, -0.2) is 10.9 Å². The van der Waals surface area contributed by atoms with Crippen LogP contribution in [0.3, 0.4) is 0 Å². The van der Waals surface area contributed by atoms with Crippen molar-refractivity contribution in [2.24, 2.45) is 5.73 Å². The third-order valence-electron chi connectivity index (χ3n) is 1.93. The predicted octanol–water partition coefficient (Wildman–Crippen LogP) is 2.26. The van der Waals surface area contributed by atoms with Crippen molar-refractivity contribution in [1.82, 2.24) is 4.98 Å². The normalized spacial score (nSPS) is 11.9. The molecule has 0 atom stereocenters. The highest BCUT2D eigenvalue weighted by atomic mass is 16.1. The summed E-state index contributed by atoms with van der Waals surface area (Å²) in [5.74, 6) is -0.459. The van der Waals surface area contributed by atoms with E-state index < -0.39 is 5.91 Å². The van der Waals surface area contributed by atoms with Crippen LogP contribution in [0.4, 0.5) is 0 Å². The lowest BCUT2D eigenvalue weighted by molar-refractivity contribution is 0.0996. The molecular weight excluding hydrogens is 188 g/mol. The predicted molar refractivity (Wildman–Crippen MR) is 62.3 cm³/mol. The molecule has 0 aliphatic heterocycles. The fourth-order valence-corrected chi connectivity index (χ4v) is 1.26. The summed E-state index contributed by atoms with van der Waals surface area (Å²) >= 11 is 0. The molecule has 78 valence electrons. The average Bonchev–Trinajstić information content (AvgIpc) is 2.66. The Hall–Kier alpha value is -2.03. The molecule has 0 unspecified atom stereocenters. The number of H-pyrrole nitrogens is 1. The number of hydrogen-bond donors (Lipinski definition) is 2. The lowest BCUT2D eigenvalue weighted by atomic mass is 10.1. The summed E-state index contributed by atoms with van der Waals surface area (Å²) in [7, 11) is 0. The quantitative estimate of drug-likeness (QED) is 0.723. The zero-order valence-corrected chi connectivity index (χ0v) is 8.66. The van der Waals surface area contributed by atoms with Crippen LogP contribution in [0, 0.1) is 0 Å². The highest BCUT2D eigenvalue weighted by Gasteiger charge is 2.05. The number of hydrogen-bond acceptors (Lipinski definition) is 1. The van der Waals surface area contributed by atoms with Gasteiger partial charge in [0.2, 0.25) is 0 Å². The number of carbonyl (C=O) groups excluding carboxylic acids is 1. The van der Waals surface area contributed by atoms with Gasteiger partial charge in [0.1, 0.15) is 5.69 Å². The summed E-state index contributed by atoms with van der Waals surface area (Å²) in [5.41, 5.74) is 7.46. The second-order valence-electron chi connectivity index (χ2n) is 3.02. The molecule has 0 saturated heterocycles. The maximum atomic E-state index is 10.9. The molecule has 3 nitrogen and oxygen atoms in total. The highest BCUT2D eigenvalue weighted by molar-refractivity contribution is 5.92. The molecule has 15 heavy (non-hydrogen) atoms. The third kappa shape index (κ3) is 2.71. The minimum atomic E-state index is -0.459. The summed E-state index contributed by atoms with van der Waals surface area (Å²) in [6.45, 7) is 5.57. The molecule has 0 saturated carbocycles. The summed E-state index contributed by atoms with van der Waals surface area (Å²) < 4.78 is 0. The Morgan fingerprint density at radius 2 is 2.33 bits per heavy atom. The topological polar surface area (TPSA) is 58.9 Å². The zero-order chi connectivity index (χ0) is 11.3. The number of nitrogens with two attached hydrogens (primary N) is 1. The van der Waals surface area contributed by atoms with Crippen molar-refractivity contribution in [3.8, 4) is 0 Å². The Kier molecular flexibility index (Phi) is 3.68. The van der Waals surface area contributed by atoms with E-state index in [1.165, 1.54) is 0 Å². The van der Waals surface area contributed by atoms with Crippen molar-refractivity contribution in [3.05, 3.63) is 54.4 Å². The van der Waals surface area contributed by atoms with Gasteiger partial charge in [-0.3, -0.25) is 4.79 Å². The van der Waals surface area contributed by atoms with Crippen LogP contribution in [0.1, 0.15) is 23.0 Å². The van der Waals surface area contributed by atoms with Gasteiger partial charge in [-0.25, -0.2) is 0 Å². The van der Waals surface area contributed by atoms with Crippen molar-refractivity contribution in [3.63, 3.8) is 0 Å². The van der Waals surface area contributed by atoms with E-state index in [2.05, 4.69) is 11.6 Å². The third-order valence-corrected chi connectivity index (χ3v) is 1.93. The molecule has 0 aromatic carbocycles. The number of allylic oxidation sites excluding steroid dienone is 5. The van der Waals surface area contributed by atoms with E-state index in [1.807, 2.05) is 25.2 Å². The molecule has 1 aromatic rings. The number of carbonyl (C=O) groups is 1. The van der Waals surface area contributed by atoms with Crippen LogP contribution in [0.25, 0.3) is 5.57 Å². The molecular formula is C12H14N2O. The van der Waals surface area contributed by atoms with Gasteiger partial charge < -0.3 is 10.7 Å². The standard InChI is InChI=1S/C12H14N2O/c1-3-5-9(6-4-2)10-7-11(12(13)15)14-8-10/h3-8,14H,1H2,2H3,(H2,13,15)/b6-4-,9-5+. The molecule has 0 bridgehead atoms. The van der Waals surface area contributed by atoms with Crippen LogP contribution >= 0.6 is 0 Å². The second-order valence-corrected chi connectivity index (χ2v) is 3.02. The molecule has 0 aliphatic rings. The van der Waals surface area contributed by atoms with Crippen molar-refractivity contribution in [2.45, 2.75) is 6.92 Å². The van der Waals surface area contributed by atoms with Crippen molar-refractivity contribution < 1.29 is 4.79 Å². The van der Waals surface area contributed by atoms with Crippen molar-refractivity contribution in [1.29, 1.82) is 0 Å². The van der Waals surface area contributed by atoms with Crippen molar-refractivity contribution in [2.75, 3.05) is 0 Å². The van der Waals surface area contributed by atoms with Gasteiger partial charge in [0.05, 0.1) is 0 Å². The number of nitrogens with one attached hydrogen (secondary N) is 1. The Morgan fingerprint density at radius 1 is 1.60 bits per heavy atom. The van der Waals surface area contributed by atoms with E-state index in [4.69, 9.17) is 5.73 Å². The van der Waals surface area contributed by atoms with Crippen molar-refractivity contribution >= 4 is 11.5 Å². The molecule has 1 aromatic heterocycles. The number of aromatic amines is 1. The van der Waals surface area contributed by atoms with E-state index in [9.17, 15) is 4.79 Å². The molecule has 0 spiro atoms. The summed E-state index contributed by atoms with van der Waals surface area (Å²) in [6.07, 6.45) is 9.18. The van der Waals surface area contributed by atoms with E-state index >= 15 is 0 Å². The Balaban J connectivity index is 3.07. The van der Waals surface area contributed by atoms with Crippen LogP contribution in [0.2, 0.25) is 0 Å². The lowest BCUT2D eigenvalue weighted by Crippen LogP contribution is -2.10. The molecule has 0 fully saturated rings. The van der Waals surface area contributed by atoms with Gasteiger partial charge >= 0.3 is 0 Å². The molecule has 0 aliphatic carbocycles. The molecule has 1 rings (SSSR count). The van der Waals surface area contributed by atoms with Gasteiger partial charge in [-0.2, -0.15) is 0 Å². The first kappa shape index (κ1) is 11.0. The maximum Gasteiger partial charge on any atom is 0.265 e. The fraction of sp³-hybridized carbons (Fsp3) is 0.0833. The molecule has 3 heteroatoms. The number of primary amides is 1. The van der Waals surface area contributed by atoms with E-state index in [0.29, 0.717) is 5.69 Å². The van der Waals surface area contributed by atoms with Gasteiger partial charge in [0.15, 0.2) is 0 Å². The summed E-state index contributed by atoms with van der Waals surface area (Å²) in [5, 5.41) is 0. The second kappa shape index (κ2) is 5.00. The first-order valence-electron chi connectivity index (χ1n) is 4.63. The van der Waals surface area contributed by atoms with Gasteiger partial charge in [-0.1, -0.05) is 30.9 Å². The largest absolute Gasteiger partial charge is 0.364 e. The van der Waals surface area contributed by atoms with E-state index in [-0.39, 0.29) is 0 Å². The first-order chi connectivity index (χ1) is 7.19. The first-order valence-corrected chi connectivity index (χ1v) is 4.63. The lowest BCUT2D eigenvalue weighted by Gasteiger charge is -1.95. The number of rotatable bonds is 4. The molecule has 0 radical (unpaired) electrons. The monoisotopic (exact) mass is 202 g/mol. The Morgan fingerprint density at radius 3 is 2.80 bits per heavy atom. The number of amides is 1. The highest BCUT2D eigenvalue weighted by Crippen LogP contribution is 2.17. The molecule has 1 amide bonds. The van der Waals surface area contributed by atoms with Crippen LogP contribution in [0.15, 0.2) is 43.1 Å². The van der Waals surface area contributed by atoms with Crippen LogP contribution < -0.4 is 5.73 Å². The Labute approximate surface area is 89.0 Å². The summed E-state index contributed by atoms with van der Waals surface area (Å²) in [4.78, 5) is 13.7. The van der Waals surface area contributed by atoms with Crippen LogP contribution in [-0.2, 0) is 0 Å². The SMILES string of the molecule is C=C/C=C(\C=C/C)c1c[nH]c(C(N)=O)c1.